The lowest BCUT2D eigenvalue weighted by atomic mass is 9.96. The number of pyridine rings is 1. The SMILES string of the molecule is CCC(OC(=O)c1c(-c2ccc(C)cc2)c2ccccc2c(=O)n1C)C(=O)Nc1cc(Cl)ccc1OC. The Balaban J connectivity index is 1.75. The largest absolute Gasteiger partial charge is 0.495 e. The number of carbonyl (C=O) groups is 2. The predicted octanol–water partition coefficient (Wildman–Crippen LogP) is 5.75. The smallest absolute Gasteiger partial charge is 0.356 e. The first kappa shape index (κ1) is 26.0. The van der Waals surface area contributed by atoms with E-state index in [0.29, 0.717) is 32.8 Å². The molecule has 0 aliphatic carbocycles. The van der Waals surface area contributed by atoms with E-state index in [2.05, 4.69) is 5.32 Å². The lowest BCUT2D eigenvalue weighted by Gasteiger charge is -2.20. The van der Waals surface area contributed by atoms with E-state index in [0.717, 1.165) is 11.1 Å². The first-order chi connectivity index (χ1) is 17.7. The van der Waals surface area contributed by atoms with Gasteiger partial charge in [0.1, 0.15) is 11.4 Å². The van der Waals surface area contributed by atoms with E-state index in [1.807, 2.05) is 37.3 Å². The zero-order chi connectivity index (χ0) is 26.7. The van der Waals surface area contributed by atoms with Gasteiger partial charge in [0.15, 0.2) is 6.10 Å². The molecule has 1 aromatic heterocycles. The highest BCUT2D eigenvalue weighted by Gasteiger charge is 2.28. The standard InChI is InChI=1S/C29H27ClN2O5/c1-5-23(27(33)31-22-16-19(30)14-15-24(22)36-4)37-29(35)26-25(18-12-10-17(2)11-13-18)20-8-6-7-9-21(20)28(34)32(26)3/h6-16,23H,5H2,1-4H3,(H,31,33). The molecule has 0 saturated carbocycles. The monoisotopic (exact) mass is 518 g/mol. The summed E-state index contributed by atoms with van der Waals surface area (Å²) < 4.78 is 12.3. The molecular formula is C29H27ClN2O5. The fraction of sp³-hybridized carbons (Fsp3) is 0.207. The second-order valence-electron chi connectivity index (χ2n) is 8.64. The minimum absolute atomic E-state index is 0.0686. The maximum Gasteiger partial charge on any atom is 0.356 e. The minimum Gasteiger partial charge on any atom is -0.495 e. The number of ether oxygens (including phenoxy) is 2. The number of nitrogens with zero attached hydrogens (tertiary/aromatic N) is 1. The fourth-order valence-electron chi connectivity index (χ4n) is 4.21. The average Bonchev–Trinajstić information content (AvgIpc) is 2.89. The van der Waals surface area contributed by atoms with E-state index in [1.54, 1.807) is 43.3 Å². The number of aryl methyl sites for hydroxylation is 1. The van der Waals surface area contributed by atoms with Crippen molar-refractivity contribution in [2.24, 2.45) is 7.05 Å². The molecule has 4 aromatic rings. The summed E-state index contributed by atoms with van der Waals surface area (Å²) in [5, 5.41) is 4.25. The Morgan fingerprint density at radius 3 is 2.35 bits per heavy atom. The number of amides is 1. The number of rotatable bonds is 7. The molecule has 1 unspecified atom stereocenters. The van der Waals surface area contributed by atoms with E-state index in [4.69, 9.17) is 21.1 Å². The second-order valence-corrected chi connectivity index (χ2v) is 9.07. The number of methoxy groups -OCH3 is 1. The van der Waals surface area contributed by atoms with Gasteiger partial charge in [-0.25, -0.2) is 4.79 Å². The summed E-state index contributed by atoms with van der Waals surface area (Å²) in [5.41, 5.74) is 2.47. The maximum absolute atomic E-state index is 13.6. The quantitative estimate of drug-likeness (QED) is 0.315. The third kappa shape index (κ3) is 5.22. The van der Waals surface area contributed by atoms with Gasteiger partial charge in [0.05, 0.1) is 12.8 Å². The molecule has 0 radical (unpaired) electrons. The number of fused-ring (bicyclic) bond motifs is 1. The Kier molecular flexibility index (Phi) is 7.64. The van der Waals surface area contributed by atoms with Crippen LogP contribution in [0.2, 0.25) is 5.02 Å². The molecule has 4 rings (SSSR count). The van der Waals surface area contributed by atoms with Crippen LogP contribution in [-0.4, -0.2) is 29.7 Å². The van der Waals surface area contributed by atoms with Gasteiger partial charge < -0.3 is 19.4 Å². The molecule has 0 spiro atoms. The van der Waals surface area contributed by atoms with Gasteiger partial charge in [-0.15, -0.1) is 0 Å². The van der Waals surface area contributed by atoms with Gasteiger partial charge in [-0.1, -0.05) is 66.6 Å². The molecule has 0 aliphatic rings. The van der Waals surface area contributed by atoms with Crippen LogP contribution >= 0.6 is 11.6 Å². The Hall–Kier alpha value is -4.10. The molecule has 0 saturated heterocycles. The predicted molar refractivity (Wildman–Crippen MR) is 145 cm³/mol. The summed E-state index contributed by atoms with van der Waals surface area (Å²) >= 11 is 6.08. The van der Waals surface area contributed by atoms with E-state index in [-0.39, 0.29) is 17.7 Å². The van der Waals surface area contributed by atoms with Gasteiger partial charge in [0, 0.05) is 23.0 Å². The number of nitrogens with one attached hydrogen (secondary N) is 1. The number of benzene rings is 3. The van der Waals surface area contributed by atoms with Crippen LogP contribution < -0.4 is 15.6 Å². The molecule has 3 aromatic carbocycles. The third-order valence-electron chi connectivity index (χ3n) is 6.17. The maximum atomic E-state index is 13.6. The summed E-state index contributed by atoms with van der Waals surface area (Å²) in [5.74, 6) is -0.905. The van der Waals surface area contributed by atoms with Gasteiger partial charge >= 0.3 is 5.97 Å². The number of halogens is 1. The van der Waals surface area contributed by atoms with Crippen LogP contribution in [0.5, 0.6) is 5.75 Å². The van der Waals surface area contributed by atoms with Crippen molar-refractivity contribution in [3.05, 3.63) is 93.4 Å². The number of aromatic nitrogens is 1. The normalized spacial score (nSPS) is 11.7. The van der Waals surface area contributed by atoms with Crippen molar-refractivity contribution in [1.29, 1.82) is 0 Å². The summed E-state index contributed by atoms with van der Waals surface area (Å²) in [6.45, 7) is 3.70. The van der Waals surface area contributed by atoms with Crippen molar-refractivity contribution in [2.75, 3.05) is 12.4 Å². The molecule has 1 amide bonds. The first-order valence-electron chi connectivity index (χ1n) is 11.8. The van der Waals surface area contributed by atoms with Crippen LogP contribution in [-0.2, 0) is 16.6 Å². The molecule has 8 heteroatoms. The van der Waals surface area contributed by atoms with Crippen LogP contribution in [0.1, 0.15) is 29.4 Å². The molecule has 190 valence electrons. The molecule has 7 nitrogen and oxygen atoms in total. The van der Waals surface area contributed by atoms with Crippen molar-refractivity contribution in [3.8, 4) is 16.9 Å². The van der Waals surface area contributed by atoms with Gasteiger partial charge in [0.25, 0.3) is 11.5 Å². The van der Waals surface area contributed by atoms with Crippen LogP contribution in [0.3, 0.4) is 0 Å². The van der Waals surface area contributed by atoms with Gasteiger partial charge in [-0.2, -0.15) is 0 Å². The Morgan fingerprint density at radius 2 is 1.70 bits per heavy atom. The lowest BCUT2D eigenvalue weighted by Crippen LogP contribution is -2.34. The minimum atomic E-state index is -1.12. The number of esters is 1. The van der Waals surface area contributed by atoms with Crippen molar-refractivity contribution in [2.45, 2.75) is 26.4 Å². The molecule has 0 fully saturated rings. The summed E-state index contributed by atoms with van der Waals surface area (Å²) in [6, 6.07) is 19.6. The van der Waals surface area contributed by atoms with Crippen LogP contribution in [0.4, 0.5) is 5.69 Å². The molecule has 1 N–H and O–H groups in total. The highest BCUT2D eigenvalue weighted by molar-refractivity contribution is 6.31. The highest BCUT2D eigenvalue weighted by Crippen LogP contribution is 2.32. The first-order valence-corrected chi connectivity index (χ1v) is 12.2. The molecule has 0 bridgehead atoms. The van der Waals surface area contributed by atoms with Crippen molar-refractivity contribution < 1.29 is 19.1 Å². The Morgan fingerprint density at radius 1 is 1.03 bits per heavy atom. The molecule has 1 atom stereocenters. The molecular weight excluding hydrogens is 492 g/mol. The van der Waals surface area contributed by atoms with Crippen LogP contribution in [0.15, 0.2) is 71.5 Å². The summed E-state index contributed by atoms with van der Waals surface area (Å²) in [6.07, 6.45) is -0.911. The molecule has 1 heterocycles. The third-order valence-corrected chi connectivity index (χ3v) is 6.40. The zero-order valence-corrected chi connectivity index (χ0v) is 21.8. The average molecular weight is 519 g/mol. The number of hydrogen-bond acceptors (Lipinski definition) is 5. The molecule has 37 heavy (non-hydrogen) atoms. The highest BCUT2D eigenvalue weighted by atomic mass is 35.5. The van der Waals surface area contributed by atoms with Crippen molar-refractivity contribution in [1.82, 2.24) is 4.57 Å². The fourth-order valence-corrected chi connectivity index (χ4v) is 4.39. The van der Waals surface area contributed by atoms with Crippen LogP contribution in [0, 0.1) is 6.92 Å². The van der Waals surface area contributed by atoms with Crippen molar-refractivity contribution >= 4 is 39.9 Å². The van der Waals surface area contributed by atoms with Gasteiger partial charge in [0.2, 0.25) is 0 Å². The number of hydrogen-bond donors (Lipinski definition) is 1. The number of carbonyl (C=O) groups excluding carboxylic acids is 2. The van der Waals surface area contributed by atoms with Gasteiger partial charge in [-0.05, 0) is 48.6 Å². The van der Waals surface area contributed by atoms with E-state index < -0.39 is 18.0 Å². The Bertz CT molecular complexity index is 1540. The van der Waals surface area contributed by atoms with E-state index in [1.165, 1.54) is 18.7 Å². The topological polar surface area (TPSA) is 86.6 Å². The van der Waals surface area contributed by atoms with E-state index >= 15 is 0 Å². The number of anilines is 1. The van der Waals surface area contributed by atoms with Crippen LogP contribution in [0.25, 0.3) is 21.9 Å². The second kappa shape index (κ2) is 10.9. The van der Waals surface area contributed by atoms with E-state index in [9.17, 15) is 14.4 Å². The van der Waals surface area contributed by atoms with Crippen molar-refractivity contribution in [3.63, 3.8) is 0 Å². The molecule has 0 aliphatic heterocycles. The summed E-state index contributed by atoms with van der Waals surface area (Å²) in [7, 11) is 3.00. The zero-order valence-electron chi connectivity index (χ0n) is 21.0. The lowest BCUT2D eigenvalue weighted by molar-refractivity contribution is -0.124. The van der Waals surface area contributed by atoms with Gasteiger partial charge in [-0.3, -0.25) is 9.59 Å². The Labute approximate surface area is 219 Å². The summed E-state index contributed by atoms with van der Waals surface area (Å²) in [4.78, 5) is 39.9.